The second-order valence-electron chi connectivity index (χ2n) is 7.13. The third-order valence-electron chi connectivity index (χ3n) is 4.18. The molecule has 0 saturated carbocycles. The van der Waals surface area contributed by atoms with Gasteiger partial charge in [0.15, 0.2) is 16.5 Å². The number of aromatic nitrogens is 2. The summed E-state index contributed by atoms with van der Waals surface area (Å²) in [5, 5.41) is 9.72. The maximum absolute atomic E-state index is 14.1. The van der Waals surface area contributed by atoms with Crippen molar-refractivity contribution < 1.29 is 23.1 Å². The van der Waals surface area contributed by atoms with Crippen LogP contribution in [0.1, 0.15) is 20.8 Å². The second kappa shape index (κ2) is 6.19. The Morgan fingerprint density at radius 2 is 2.08 bits per heavy atom. The summed E-state index contributed by atoms with van der Waals surface area (Å²) in [5.74, 6) is -0.897. The number of nitrogens with zero attached hydrogens (tertiary/aromatic N) is 4. The van der Waals surface area contributed by atoms with E-state index in [-0.39, 0.29) is 29.7 Å². The molecule has 3 heterocycles. The molecule has 1 aromatic rings. The molecule has 0 aromatic carbocycles. The molecule has 3 rings (SSSR count). The van der Waals surface area contributed by atoms with Crippen molar-refractivity contribution in [1.82, 2.24) is 15.1 Å². The maximum atomic E-state index is 14.1. The van der Waals surface area contributed by atoms with E-state index in [9.17, 15) is 18.4 Å². The smallest absolute Gasteiger partial charge is 0.410 e. The Morgan fingerprint density at radius 1 is 1.38 bits per heavy atom. The quantitative estimate of drug-likeness (QED) is 0.791. The summed E-state index contributed by atoms with van der Waals surface area (Å²) in [4.78, 5) is 27.3. The van der Waals surface area contributed by atoms with E-state index in [1.165, 1.54) is 11.0 Å². The van der Waals surface area contributed by atoms with Crippen LogP contribution in [0.25, 0.3) is 0 Å². The fraction of sp³-hybridized carbons (Fsp3) is 0.600. The van der Waals surface area contributed by atoms with E-state index in [0.717, 1.165) is 4.90 Å². The first-order valence-electron chi connectivity index (χ1n) is 7.93. The van der Waals surface area contributed by atoms with Crippen LogP contribution < -0.4 is 10.2 Å². The van der Waals surface area contributed by atoms with Gasteiger partial charge in [-0.2, -0.15) is 0 Å². The summed E-state index contributed by atoms with van der Waals surface area (Å²) < 4.78 is 33.5. The van der Waals surface area contributed by atoms with Crippen molar-refractivity contribution in [3.63, 3.8) is 0 Å². The summed E-state index contributed by atoms with van der Waals surface area (Å²) in [6.45, 7) is 4.60. The second-order valence-corrected chi connectivity index (χ2v) is 7.52. The van der Waals surface area contributed by atoms with Gasteiger partial charge in [-0.05, 0) is 20.8 Å². The molecule has 8 nitrogen and oxygen atoms in total. The zero-order valence-electron chi connectivity index (χ0n) is 14.4. The van der Waals surface area contributed by atoms with E-state index in [0.29, 0.717) is 0 Å². The largest absolute Gasteiger partial charge is 0.444 e. The monoisotopic (exact) mass is 389 g/mol. The first-order valence-corrected chi connectivity index (χ1v) is 8.31. The van der Waals surface area contributed by atoms with Gasteiger partial charge >= 0.3 is 6.09 Å². The summed E-state index contributed by atoms with van der Waals surface area (Å²) in [6, 6.07) is 1.36. The van der Waals surface area contributed by atoms with E-state index in [2.05, 4.69) is 15.5 Å². The number of amides is 2. The molecule has 2 amide bonds. The predicted molar refractivity (Wildman–Crippen MR) is 89.6 cm³/mol. The molecule has 142 valence electrons. The zero-order chi connectivity index (χ0) is 19.3. The molecule has 0 bridgehead atoms. The van der Waals surface area contributed by atoms with Crippen LogP contribution >= 0.6 is 11.6 Å². The van der Waals surface area contributed by atoms with Crippen LogP contribution in [0.4, 0.5) is 25.1 Å². The van der Waals surface area contributed by atoms with Crippen LogP contribution in [0.15, 0.2) is 6.07 Å². The third-order valence-corrected chi connectivity index (χ3v) is 4.36. The Balaban J connectivity index is 1.98. The van der Waals surface area contributed by atoms with Gasteiger partial charge in [0, 0.05) is 19.2 Å². The van der Waals surface area contributed by atoms with Gasteiger partial charge in [-0.3, -0.25) is 4.79 Å². The lowest BCUT2D eigenvalue weighted by Gasteiger charge is -2.51. The molecular formula is C15H18ClF2N5O3. The number of fused-ring (bicyclic) bond motifs is 3. The molecule has 0 spiro atoms. The van der Waals surface area contributed by atoms with Crippen LogP contribution in [0.5, 0.6) is 0 Å². The SMILES string of the molecule is CC(C)(C)OC(=O)N1CCN2c3cc(Cl)nnc3NC(=O)C2(C(F)F)C1. The number of hydrogen-bond donors (Lipinski definition) is 1. The zero-order valence-corrected chi connectivity index (χ0v) is 15.2. The first-order chi connectivity index (χ1) is 12.0. The fourth-order valence-corrected chi connectivity index (χ4v) is 3.18. The van der Waals surface area contributed by atoms with Gasteiger partial charge in [0.25, 0.3) is 12.3 Å². The number of rotatable bonds is 1. The van der Waals surface area contributed by atoms with Gasteiger partial charge in [0.1, 0.15) is 5.60 Å². The van der Waals surface area contributed by atoms with Crippen molar-refractivity contribution in [2.75, 3.05) is 29.9 Å². The Morgan fingerprint density at radius 3 is 2.69 bits per heavy atom. The van der Waals surface area contributed by atoms with Gasteiger partial charge in [-0.15, -0.1) is 10.2 Å². The molecule has 2 aliphatic rings. The van der Waals surface area contributed by atoms with Crippen molar-refractivity contribution in [2.45, 2.75) is 38.3 Å². The number of alkyl halides is 2. The molecule has 2 aliphatic heterocycles. The standard InChI is InChI=1S/C15H18ClF2N5O3/c1-14(2,3)26-13(25)22-4-5-23-8-6-9(16)20-21-10(8)19-12(24)15(23,7-22)11(17)18/h6,11H,4-5,7H2,1-3H3,(H,19,21,24). The molecule has 1 N–H and O–H groups in total. The van der Waals surface area contributed by atoms with E-state index in [1.54, 1.807) is 20.8 Å². The third kappa shape index (κ3) is 3.02. The van der Waals surface area contributed by atoms with E-state index in [4.69, 9.17) is 16.3 Å². The summed E-state index contributed by atoms with van der Waals surface area (Å²) >= 11 is 5.84. The highest BCUT2D eigenvalue weighted by Gasteiger charge is 2.59. The molecule has 1 fully saturated rings. The Kier molecular flexibility index (Phi) is 4.41. The maximum Gasteiger partial charge on any atom is 0.410 e. The van der Waals surface area contributed by atoms with Crippen LogP contribution in [-0.2, 0) is 9.53 Å². The lowest BCUT2D eigenvalue weighted by molar-refractivity contribution is -0.129. The molecule has 0 radical (unpaired) electrons. The molecule has 1 saturated heterocycles. The minimum absolute atomic E-state index is 0.00791. The predicted octanol–water partition coefficient (Wildman–Crippen LogP) is 2.14. The molecule has 1 unspecified atom stereocenters. The topological polar surface area (TPSA) is 87.7 Å². The Labute approximate surface area is 153 Å². The lowest BCUT2D eigenvalue weighted by atomic mass is 9.90. The summed E-state index contributed by atoms with van der Waals surface area (Å²) in [6.07, 6.45) is -3.81. The number of hydrogen-bond acceptors (Lipinski definition) is 6. The Bertz CT molecular complexity index is 757. The minimum atomic E-state index is -3.06. The van der Waals surface area contributed by atoms with Gasteiger partial charge in [-0.25, -0.2) is 13.6 Å². The average molecular weight is 390 g/mol. The molecule has 1 aromatic heterocycles. The number of ether oxygens (including phenoxy) is 1. The molecule has 0 aliphatic carbocycles. The summed E-state index contributed by atoms with van der Waals surface area (Å²) in [5.41, 5.74) is -2.79. The van der Waals surface area contributed by atoms with Crippen molar-refractivity contribution >= 4 is 35.1 Å². The Hall–Kier alpha value is -2.23. The first kappa shape index (κ1) is 18.6. The highest BCUT2D eigenvalue weighted by atomic mass is 35.5. The highest BCUT2D eigenvalue weighted by Crippen LogP contribution is 2.41. The normalized spacial score (nSPS) is 22.7. The van der Waals surface area contributed by atoms with Crippen LogP contribution in [0.3, 0.4) is 0 Å². The van der Waals surface area contributed by atoms with Crippen LogP contribution in [0.2, 0.25) is 5.15 Å². The molecule has 26 heavy (non-hydrogen) atoms. The van der Waals surface area contributed by atoms with Crippen LogP contribution in [-0.4, -0.2) is 64.3 Å². The number of halogens is 3. The molecular weight excluding hydrogens is 372 g/mol. The number of carbonyl (C=O) groups excluding carboxylic acids is 2. The molecule has 1 atom stereocenters. The average Bonchev–Trinajstić information content (AvgIpc) is 2.53. The lowest BCUT2D eigenvalue weighted by Crippen LogP contribution is -2.73. The number of carbonyl (C=O) groups is 2. The minimum Gasteiger partial charge on any atom is -0.444 e. The van der Waals surface area contributed by atoms with Gasteiger partial charge in [-0.1, -0.05) is 11.6 Å². The van der Waals surface area contributed by atoms with Gasteiger partial charge < -0.3 is 19.9 Å². The van der Waals surface area contributed by atoms with Gasteiger partial charge in [0.2, 0.25) is 0 Å². The van der Waals surface area contributed by atoms with E-state index in [1.807, 2.05) is 0 Å². The van der Waals surface area contributed by atoms with Crippen molar-refractivity contribution in [3.8, 4) is 0 Å². The molecule has 11 heteroatoms. The summed E-state index contributed by atoms with van der Waals surface area (Å²) in [7, 11) is 0. The van der Waals surface area contributed by atoms with E-state index >= 15 is 0 Å². The van der Waals surface area contributed by atoms with Crippen molar-refractivity contribution in [1.29, 1.82) is 0 Å². The fourth-order valence-electron chi connectivity index (χ4n) is 3.04. The number of nitrogens with one attached hydrogen (secondary N) is 1. The van der Waals surface area contributed by atoms with Crippen LogP contribution in [0, 0.1) is 0 Å². The van der Waals surface area contributed by atoms with Crippen molar-refractivity contribution in [2.24, 2.45) is 0 Å². The number of anilines is 2. The number of piperazine rings is 1. The van der Waals surface area contributed by atoms with Gasteiger partial charge in [0.05, 0.1) is 12.2 Å². The van der Waals surface area contributed by atoms with Crippen molar-refractivity contribution in [3.05, 3.63) is 11.2 Å². The highest BCUT2D eigenvalue weighted by molar-refractivity contribution is 6.29. The van der Waals surface area contributed by atoms with E-state index < -0.39 is 36.1 Å².